The number of aliphatic hydroxyl groups excluding tert-OH is 1. The summed E-state index contributed by atoms with van der Waals surface area (Å²) in [4.78, 5) is 10.0. The molecule has 1 unspecified atom stereocenters. The van der Waals surface area contributed by atoms with Gasteiger partial charge in [0.1, 0.15) is 0 Å². The molecule has 0 amide bonds. The van der Waals surface area contributed by atoms with Crippen molar-refractivity contribution in [3.05, 3.63) is 24.3 Å². The summed E-state index contributed by atoms with van der Waals surface area (Å²) < 4.78 is 0. The van der Waals surface area contributed by atoms with Crippen LogP contribution in [0.4, 0.5) is 0 Å². The van der Waals surface area contributed by atoms with Crippen molar-refractivity contribution in [3.8, 4) is 0 Å². The normalized spacial score (nSPS) is 14.4. The molecule has 0 saturated heterocycles. The summed E-state index contributed by atoms with van der Waals surface area (Å²) in [7, 11) is 0. The quantitative estimate of drug-likeness (QED) is 0.596. The van der Waals surface area contributed by atoms with Crippen LogP contribution >= 0.6 is 0 Å². The van der Waals surface area contributed by atoms with Crippen LogP contribution in [0.5, 0.6) is 0 Å². The minimum atomic E-state index is -0.998. The zero-order valence-electron chi connectivity index (χ0n) is 6.40. The third-order valence-corrected chi connectivity index (χ3v) is 1.02. The van der Waals surface area contributed by atoms with Crippen LogP contribution in [0.1, 0.15) is 13.3 Å². The van der Waals surface area contributed by atoms with Gasteiger partial charge in [0.25, 0.3) is 0 Å². The first-order valence-corrected chi connectivity index (χ1v) is 3.36. The molecule has 0 saturated carbocycles. The van der Waals surface area contributed by atoms with E-state index in [0.717, 1.165) is 0 Å². The number of hydrogen-bond acceptors (Lipinski definition) is 2. The minimum Gasteiger partial charge on any atom is -0.481 e. The Bertz CT molecular complexity index is 170. The molecule has 1 atom stereocenters. The van der Waals surface area contributed by atoms with Crippen LogP contribution in [-0.4, -0.2) is 22.3 Å². The molecule has 0 spiro atoms. The first kappa shape index (κ1) is 9.91. The summed E-state index contributed by atoms with van der Waals surface area (Å²) in [6, 6.07) is 0. The Labute approximate surface area is 65.7 Å². The van der Waals surface area contributed by atoms with Crippen LogP contribution in [-0.2, 0) is 4.79 Å². The molecule has 0 aliphatic rings. The van der Waals surface area contributed by atoms with Crippen molar-refractivity contribution in [3.63, 3.8) is 0 Å². The molecule has 3 nitrogen and oxygen atoms in total. The summed E-state index contributed by atoms with van der Waals surface area (Å²) in [6.45, 7) is 1.84. The second kappa shape index (κ2) is 5.68. The van der Waals surface area contributed by atoms with E-state index in [4.69, 9.17) is 10.2 Å². The number of carbonyl (C=O) groups is 1. The van der Waals surface area contributed by atoms with E-state index in [9.17, 15) is 4.79 Å². The molecule has 0 aromatic carbocycles. The summed E-state index contributed by atoms with van der Waals surface area (Å²) in [5, 5.41) is 17.2. The van der Waals surface area contributed by atoms with E-state index in [1.54, 1.807) is 18.2 Å². The van der Waals surface area contributed by atoms with Gasteiger partial charge in [0.05, 0.1) is 12.5 Å². The third-order valence-electron chi connectivity index (χ3n) is 1.02. The summed E-state index contributed by atoms with van der Waals surface area (Å²) in [6.07, 6.45) is 5.45. The van der Waals surface area contributed by atoms with Crippen molar-refractivity contribution in [2.24, 2.45) is 0 Å². The van der Waals surface area contributed by atoms with Crippen molar-refractivity contribution < 1.29 is 15.0 Å². The second-order valence-corrected chi connectivity index (χ2v) is 2.08. The molecule has 0 aliphatic heterocycles. The minimum absolute atomic E-state index is 0.242. The van der Waals surface area contributed by atoms with Gasteiger partial charge in [0, 0.05) is 0 Å². The maximum Gasteiger partial charge on any atom is 0.306 e. The fraction of sp³-hybridized carbons (Fsp3) is 0.375. The van der Waals surface area contributed by atoms with Crippen LogP contribution in [0, 0.1) is 0 Å². The molecule has 0 fully saturated rings. The molecule has 0 radical (unpaired) electrons. The van der Waals surface area contributed by atoms with Gasteiger partial charge in [-0.2, -0.15) is 0 Å². The van der Waals surface area contributed by atoms with Crippen molar-refractivity contribution in [2.75, 3.05) is 0 Å². The fourth-order valence-corrected chi connectivity index (χ4v) is 0.550. The van der Waals surface area contributed by atoms with Crippen LogP contribution in [0.15, 0.2) is 24.3 Å². The van der Waals surface area contributed by atoms with Gasteiger partial charge < -0.3 is 10.2 Å². The lowest BCUT2D eigenvalue weighted by Crippen LogP contribution is -2.09. The van der Waals surface area contributed by atoms with Gasteiger partial charge >= 0.3 is 5.97 Å². The van der Waals surface area contributed by atoms with Crippen LogP contribution in [0.3, 0.4) is 0 Å². The molecule has 2 N–H and O–H groups in total. The zero-order valence-corrected chi connectivity index (χ0v) is 6.40. The standard InChI is InChI=1S/C8H12O3/c1-2-3-4-5-7(9)6-8(10)11/h2-5,7,9H,6H2,1H3,(H,10,11)/b3-2+,5-4+. The molecule has 0 aliphatic carbocycles. The lowest BCUT2D eigenvalue weighted by molar-refractivity contribution is -0.138. The predicted octanol–water partition coefficient (Wildman–Crippen LogP) is 0.954. The molecule has 11 heavy (non-hydrogen) atoms. The van der Waals surface area contributed by atoms with E-state index >= 15 is 0 Å². The summed E-state index contributed by atoms with van der Waals surface area (Å²) >= 11 is 0. The maximum absolute atomic E-state index is 10.0. The van der Waals surface area contributed by atoms with E-state index in [1.807, 2.05) is 6.92 Å². The van der Waals surface area contributed by atoms with Gasteiger partial charge in [-0.05, 0) is 6.92 Å². The number of aliphatic carboxylic acids is 1. The zero-order chi connectivity index (χ0) is 8.69. The number of carboxylic acids is 1. The Kier molecular flexibility index (Phi) is 5.11. The Balaban J connectivity index is 3.67. The number of hydrogen-bond donors (Lipinski definition) is 2. The molecular formula is C8H12O3. The van der Waals surface area contributed by atoms with Gasteiger partial charge in [0.15, 0.2) is 0 Å². The number of carboxylic acid groups (broad SMARTS) is 1. The molecule has 0 rings (SSSR count). The van der Waals surface area contributed by atoms with Crippen LogP contribution < -0.4 is 0 Å². The predicted molar refractivity (Wildman–Crippen MR) is 42.2 cm³/mol. The van der Waals surface area contributed by atoms with Gasteiger partial charge in [-0.15, -0.1) is 0 Å². The van der Waals surface area contributed by atoms with E-state index in [0.29, 0.717) is 0 Å². The van der Waals surface area contributed by atoms with Crippen LogP contribution in [0.25, 0.3) is 0 Å². The Hall–Kier alpha value is -1.09. The smallest absolute Gasteiger partial charge is 0.306 e. The Morgan fingerprint density at radius 2 is 2.18 bits per heavy atom. The molecule has 3 heteroatoms. The molecule has 0 heterocycles. The first-order chi connectivity index (χ1) is 5.16. The molecule has 0 bridgehead atoms. The van der Waals surface area contributed by atoms with Crippen molar-refractivity contribution in [1.82, 2.24) is 0 Å². The second-order valence-electron chi connectivity index (χ2n) is 2.08. The van der Waals surface area contributed by atoms with Gasteiger partial charge in [-0.25, -0.2) is 0 Å². The van der Waals surface area contributed by atoms with Crippen molar-refractivity contribution in [1.29, 1.82) is 0 Å². The monoisotopic (exact) mass is 156 g/mol. The topological polar surface area (TPSA) is 57.5 Å². The molecular weight excluding hydrogens is 144 g/mol. The van der Waals surface area contributed by atoms with Gasteiger partial charge in [0.2, 0.25) is 0 Å². The van der Waals surface area contributed by atoms with E-state index in [2.05, 4.69) is 0 Å². The SMILES string of the molecule is C/C=C/C=C/C(O)CC(=O)O. The summed E-state index contributed by atoms with van der Waals surface area (Å²) in [5.41, 5.74) is 0. The number of aliphatic hydroxyl groups is 1. The Morgan fingerprint density at radius 1 is 1.55 bits per heavy atom. The van der Waals surface area contributed by atoms with Gasteiger partial charge in [-0.1, -0.05) is 24.3 Å². The average molecular weight is 156 g/mol. The van der Waals surface area contributed by atoms with Crippen LogP contribution in [0.2, 0.25) is 0 Å². The Morgan fingerprint density at radius 3 is 2.64 bits per heavy atom. The van der Waals surface area contributed by atoms with Crippen molar-refractivity contribution in [2.45, 2.75) is 19.4 Å². The first-order valence-electron chi connectivity index (χ1n) is 3.36. The van der Waals surface area contributed by atoms with E-state index < -0.39 is 12.1 Å². The molecule has 62 valence electrons. The van der Waals surface area contributed by atoms with E-state index in [-0.39, 0.29) is 6.42 Å². The third kappa shape index (κ3) is 6.80. The summed E-state index contributed by atoms with van der Waals surface area (Å²) in [5.74, 6) is -0.998. The number of rotatable bonds is 4. The average Bonchev–Trinajstić information content (AvgIpc) is 1.86. The number of allylic oxidation sites excluding steroid dienone is 3. The highest BCUT2D eigenvalue weighted by molar-refractivity contribution is 5.67. The van der Waals surface area contributed by atoms with E-state index in [1.165, 1.54) is 6.08 Å². The van der Waals surface area contributed by atoms with Gasteiger partial charge in [-0.3, -0.25) is 4.79 Å². The van der Waals surface area contributed by atoms with Crippen molar-refractivity contribution >= 4 is 5.97 Å². The highest BCUT2D eigenvalue weighted by Gasteiger charge is 2.03. The lowest BCUT2D eigenvalue weighted by Gasteiger charge is -1.97. The maximum atomic E-state index is 10.0. The fourth-order valence-electron chi connectivity index (χ4n) is 0.550. The highest BCUT2D eigenvalue weighted by atomic mass is 16.4. The molecule has 0 aromatic heterocycles. The lowest BCUT2D eigenvalue weighted by atomic mass is 10.2. The molecule has 0 aromatic rings. The highest BCUT2D eigenvalue weighted by Crippen LogP contribution is 1.93. The largest absolute Gasteiger partial charge is 0.481 e.